The maximum absolute atomic E-state index is 2.65. The first-order chi connectivity index (χ1) is 5.57. The van der Waals surface area contributed by atoms with Crippen LogP contribution in [0, 0.1) is 11.8 Å². The van der Waals surface area contributed by atoms with Crippen LogP contribution in [0.2, 0.25) is 0 Å². The molecule has 1 aliphatic carbocycles. The molecule has 0 aromatic rings. The van der Waals surface area contributed by atoms with E-state index in [0.29, 0.717) is 5.54 Å². The summed E-state index contributed by atoms with van der Waals surface area (Å²) in [7, 11) is 0. The summed E-state index contributed by atoms with van der Waals surface area (Å²) in [5, 5.41) is 0. The van der Waals surface area contributed by atoms with E-state index in [1.165, 1.54) is 32.4 Å². The Hall–Kier alpha value is -0.0400. The van der Waals surface area contributed by atoms with E-state index in [9.17, 15) is 0 Å². The average molecular weight is 167 g/mol. The van der Waals surface area contributed by atoms with Crippen molar-refractivity contribution in [2.24, 2.45) is 11.8 Å². The summed E-state index contributed by atoms with van der Waals surface area (Å²) in [4.78, 5) is 2.65. The van der Waals surface area contributed by atoms with Gasteiger partial charge in [0.1, 0.15) is 0 Å². The highest BCUT2D eigenvalue weighted by molar-refractivity contribution is 4.92. The summed E-state index contributed by atoms with van der Waals surface area (Å²) in [6.45, 7) is 9.69. The minimum Gasteiger partial charge on any atom is -0.298 e. The molecule has 0 N–H and O–H groups in total. The topological polar surface area (TPSA) is 3.24 Å². The predicted molar refractivity (Wildman–Crippen MR) is 52.2 cm³/mol. The quantitative estimate of drug-likeness (QED) is 0.536. The molecule has 70 valence electrons. The maximum Gasteiger partial charge on any atom is 0.0125 e. The van der Waals surface area contributed by atoms with Gasteiger partial charge in [-0.3, -0.25) is 4.90 Å². The number of hydrogen-bond donors (Lipinski definition) is 0. The molecule has 12 heavy (non-hydrogen) atoms. The number of fused-ring (bicyclic) bond motifs is 1. The molecule has 0 bridgehead atoms. The Balaban J connectivity index is 1.92. The van der Waals surface area contributed by atoms with E-state index in [2.05, 4.69) is 25.7 Å². The molecule has 1 saturated heterocycles. The van der Waals surface area contributed by atoms with Gasteiger partial charge in [-0.15, -0.1) is 0 Å². The zero-order valence-corrected chi connectivity index (χ0v) is 8.64. The van der Waals surface area contributed by atoms with Crippen LogP contribution in [0.3, 0.4) is 0 Å². The van der Waals surface area contributed by atoms with Crippen LogP contribution in [0.25, 0.3) is 0 Å². The fourth-order valence-electron chi connectivity index (χ4n) is 2.44. The van der Waals surface area contributed by atoms with Gasteiger partial charge in [0, 0.05) is 5.54 Å². The molecule has 0 amide bonds. The van der Waals surface area contributed by atoms with Crippen molar-refractivity contribution < 1.29 is 0 Å². The van der Waals surface area contributed by atoms with E-state index in [4.69, 9.17) is 0 Å². The monoisotopic (exact) mass is 167 g/mol. The van der Waals surface area contributed by atoms with Crippen molar-refractivity contribution >= 4 is 0 Å². The third-order valence-corrected chi connectivity index (χ3v) is 3.56. The van der Waals surface area contributed by atoms with Crippen molar-refractivity contribution in [2.45, 2.75) is 45.6 Å². The van der Waals surface area contributed by atoms with Crippen molar-refractivity contribution in [2.75, 3.05) is 13.1 Å². The molecule has 1 nitrogen and oxygen atoms in total. The molecule has 0 aromatic heterocycles. The van der Waals surface area contributed by atoms with Gasteiger partial charge < -0.3 is 0 Å². The molecule has 1 saturated carbocycles. The van der Waals surface area contributed by atoms with Gasteiger partial charge in [0.15, 0.2) is 0 Å². The molecule has 2 rings (SSSR count). The third-order valence-electron chi connectivity index (χ3n) is 3.56. The Morgan fingerprint density at radius 1 is 1.00 bits per heavy atom. The fourth-order valence-corrected chi connectivity index (χ4v) is 2.44. The van der Waals surface area contributed by atoms with Crippen molar-refractivity contribution in [3.63, 3.8) is 0 Å². The van der Waals surface area contributed by atoms with Gasteiger partial charge in [-0.1, -0.05) is 0 Å². The van der Waals surface area contributed by atoms with E-state index < -0.39 is 0 Å². The highest BCUT2D eigenvalue weighted by Gasteiger charge is 2.40. The van der Waals surface area contributed by atoms with Gasteiger partial charge in [0.2, 0.25) is 0 Å². The molecular weight excluding hydrogens is 146 g/mol. The summed E-state index contributed by atoms with van der Waals surface area (Å²) in [6, 6.07) is 0. The number of hydrogen-bond acceptors (Lipinski definition) is 1. The average Bonchev–Trinajstić information content (AvgIpc) is 2.57. The summed E-state index contributed by atoms with van der Waals surface area (Å²) < 4.78 is 0. The van der Waals surface area contributed by atoms with E-state index >= 15 is 0 Å². The summed E-state index contributed by atoms with van der Waals surface area (Å²) >= 11 is 0. The van der Waals surface area contributed by atoms with Crippen LogP contribution in [0.4, 0.5) is 0 Å². The highest BCUT2D eigenvalue weighted by atomic mass is 15.2. The zero-order chi connectivity index (χ0) is 8.77. The molecule has 0 radical (unpaired) electrons. The van der Waals surface area contributed by atoms with Crippen molar-refractivity contribution in [1.82, 2.24) is 4.90 Å². The molecule has 1 aliphatic heterocycles. The molecule has 2 fully saturated rings. The second-order valence-corrected chi connectivity index (χ2v) is 5.49. The van der Waals surface area contributed by atoms with Crippen LogP contribution in [-0.2, 0) is 0 Å². The van der Waals surface area contributed by atoms with E-state index in [1.807, 2.05) is 0 Å². The Labute approximate surface area is 76.1 Å². The second-order valence-electron chi connectivity index (χ2n) is 5.49. The number of rotatable bonds is 0. The first-order valence-electron chi connectivity index (χ1n) is 5.32. The number of nitrogens with zero attached hydrogens (tertiary/aromatic N) is 1. The first kappa shape index (κ1) is 8.55. The minimum absolute atomic E-state index is 0.400. The Kier molecular flexibility index (Phi) is 1.95. The van der Waals surface area contributed by atoms with Gasteiger partial charge in [-0.25, -0.2) is 0 Å². The van der Waals surface area contributed by atoms with Crippen LogP contribution in [0.1, 0.15) is 40.0 Å². The van der Waals surface area contributed by atoms with Gasteiger partial charge >= 0.3 is 0 Å². The fraction of sp³-hybridized carbons (Fsp3) is 1.00. The summed E-state index contributed by atoms with van der Waals surface area (Å²) in [6.07, 6.45) is 4.46. The third kappa shape index (κ3) is 1.66. The van der Waals surface area contributed by atoms with Crippen molar-refractivity contribution in [3.05, 3.63) is 0 Å². The van der Waals surface area contributed by atoms with Crippen LogP contribution in [0.5, 0.6) is 0 Å². The molecule has 1 heterocycles. The van der Waals surface area contributed by atoms with Gasteiger partial charge in [0.05, 0.1) is 0 Å². The summed E-state index contributed by atoms with van der Waals surface area (Å²) in [5.74, 6) is 2.22. The Morgan fingerprint density at radius 3 is 1.92 bits per heavy atom. The molecule has 2 aliphatic rings. The molecule has 0 spiro atoms. The lowest BCUT2D eigenvalue weighted by atomic mass is 10.1. The largest absolute Gasteiger partial charge is 0.298 e. The van der Waals surface area contributed by atoms with E-state index in [-0.39, 0.29) is 0 Å². The molecular formula is C11H21N. The first-order valence-corrected chi connectivity index (χ1v) is 5.32. The van der Waals surface area contributed by atoms with E-state index in [1.54, 1.807) is 0 Å². The Bertz CT molecular complexity index is 156. The second kappa shape index (κ2) is 2.73. The smallest absolute Gasteiger partial charge is 0.0125 e. The highest BCUT2D eigenvalue weighted by Crippen LogP contribution is 2.46. The zero-order valence-electron chi connectivity index (χ0n) is 8.64. The van der Waals surface area contributed by atoms with Gasteiger partial charge in [-0.05, 0) is 65.0 Å². The maximum atomic E-state index is 2.65. The predicted octanol–water partition coefficient (Wildman–Crippen LogP) is 2.52. The molecule has 2 unspecified atom stereocenters. The summed E-state index contributed by atoms with van der Waals surface area (Å²) in [5.41, 5.74) is 0.400. The molecule has 1 heteroatoms. The van der Waals surface area contributed by atoms with Crippen LogP contribution in [0.15, 0.2) is 0 Å². The Morgan fingerprint density at radius 2 is 1.50 bits per heavy atom. The van der Waals surface area contributed by atoms with Crippen molar-refractivity contribution in [1.29, 1.82) is 0 Å². The van der Waals surface area contributed by atoms with E-state index in [0.717, 1.165) is 11.8 Å². The van der Waals surface area contributed by atoms with Gasteiger partial charge in [-0.2, -0.15) is 0 Å². The van der Waals surface area contributed by atoms with Crippen molar-refractivity contribution in [3.8, 4) is 0 Å². The molecule has 0 aromatic carbocycles. The van der Waals surface area contributed by atoms with Crippen LogP contribution >= 0.6 is 0 Å². The lowest BCUT2D eigenvalue weighted by Crippen LogP contribution is -2.42. The lowest BCUT2D eigenvalue weighted by Gasteiger charge is -2.35. The van der Waals surface area contributed by atoms with Crippen LogP contribution < -0.4 is 0 Å². The molecule has 2 atom stereocenters. The minimum atomic E-state index is 0.400. The lowest BCUT2D eigenvalue weighted by molar-refractivity contribution is 0.137. The SMILES string of the molecule is CC(C)(C)N1CCC2CC2CC1. The van der Waals surface area contributed by atoms with Gasteiger partial charge in [0.25, 0.3) is 0 Å². The number of likely N-dealkylation sites (tertiary alicyclic amines) is 1. The standard InChI is InChI=1S/C11H21N/c1-11(2,3)12-6-4-9-8-10(9)5-7-12/h9-10H,4-8H2,1-3H3. The normalized spacial score (nSPS) is 37.2. The van der Waals surface area contributed by atoms with Crippen LogP contribution in [-0.4, -0.2) is 23.5 Å².